The highest BCUT2D eigenvalue weighted by molar-refractivity contribution is 6.30. The number of nitrogens with zero attached hydrogens (tertiary/aromatic N) is 3. The molecule has 0 fully saturated rings. The molecule has 0 saturated carbocycles. The fraction of sp³-hybridized carbons (Fsp3) is 0.217. The summed E-state index contributed by atoms with van der Waals surface area (Å²) in [6.07, 6.45) is 3.22. The van der Waals surface area contributed by atoms with E-state index in [1.165, 1.54) is 17.0 Å². The van der Waals surface area contributed by atoms with Gasteiger partial charge in [0.15, 0.2) is 0 Å². The van der Waals surface area contributed by atoms with Crippen LogP contribution in [-0.4, -0.2) is 35.4 Å². The summed E-state index contributed by atoms with van der Waals surface area (Å²) in [5, 5.41) is 2.57. The molecule has 1 N–H and O–H groups in total. The van der Waals surface area contributed by atoms with Crippen molar-refractivity contribution in [1.82, 2.24) is 9.97 Å². The number of aryl methyl sites for hydroxylation is 1. The Hall–Kier alpha value is -3.52. The lowest BCUT2D eigenvalue weighted by Gasteiger charge is -2.24. The summed E-state index contributed by atoms with van der Waals surface area (Å²) in [4.78, 5) is 36.4. The van der Waals surface area contributed by atoms with Gasteiger partial charge in [0, 0.05) is 28.7 Å². The van der Waals surface area contributed by atoms with Crippen LogP contribution in [0.25, 0.3) is 11.1 Å². The van der Waals surface area contributed by atoms with Crippen LogP contribution in [0.1, 0.15) is 24.2 Å². The van der Waals surface area contributed by atoms with Crippen LogP contribution in [0.15, 0.2) is 42.7 Å². The first-order chi connectivity index (χ1) is 15.3. The Morgan fingerprint density at radius 3 is 2.72 bits per heavy atom. The second kappa shape index (κ2) is 8.55. The number of hydrogen-bond acceptors (Lipinski definition) is 5. The molecule has 2 amide bonds. The molecular weight excluding hydrogens is 435 g/mol. The monoisotopic (exact) mass is 454 g/mol. The SMILES string of the molecule is COc1cnc2c(c1)-c1cnc(C)cc1N(CC(=O)Nc1ccc(Cl)c(F)c1)C(=O)[C@H]2C. The van der Waals surface area contributed by atoms with Gasteiger partial charge in [-0.05, 0) is 44.2 Å². The first kappa shape index (κ1) is 21.7. The highest BCUT2D eigenvalue weighted by atomic mass is 35.5. The van der Waals surface area contributed by atoms with E-state index in [0.717, 1.165) is 11.6 Å². The summed E-state index contributed by atoms with van der Waals surface area (Å²) < 4.78 is 19.1. The quantitative estimate of drug-likeness (QED) is 0.633. The molecule has 0 radical (unpaired) electrons. The van der Waals surface area contributed by atoms with Gasteiger partial charge in [-0.3, -0.25) is 19.6 Å². The van der Waals surface area contributed by atoms with Crippen LogP contribution in [0.3, 0.4) is 0 Å². The van der Waals surface area contributed by atoms with Crippen molar-refractivity contribution < 1.29 is 18.7 Å². The first-order valence-corrected chi connectivity index (χ1v) is 10.2. The third-order valence-corrected chi connectivity index (χ3v) is 5.59. The molecule has 3 heterocycles. The lowest BCUT2D eigenvalue weighted by atomic mass is 9.98. The number of nitrogens with one attached hydrogen (secondary N) is 1. The third kappa shape index (κ3) is 4.01. The maximum atomic E-state index is 13.7. The molecule has 0 saturated heterocycles. The van der Waals surface area contributed by atoms with Gasteiger partial charge in [0.1, 0.15) is 18.1 Å². The van der Waals surface area contributed by atoms with Crippen molar-refractivity contribution in [3.05, 3.63) is 65.0 Å². The average Bonchev–Trinajstić information content (AvgIpc) is 2.85. The van der Waals surface area contributed by atoms with E-state index in [-0.39, 0.29) is 23.2 Å². The van der Waals surface area contributed by atoms with Crippen LogP contribution in [0.2, 0.25) is 5.02 Å². The molecule has 0 unspecified atom stereocenters. The minimum absolute atomic E-state index is 0.0443. The van der Waals surface area contributed by atoms with Gasteiger partial charge in [-0.2, -0.15) is 0 Å². The molecule has 32 heavy (non-hydrogen) atoms. The van der Waals surface area contributed by atoms with Gasteiger partial charge in [0.2, 0.25) is 11.8 Å². The largest absolute Gasteiger partial charge is 0.495 e. The number of fused-ring (bicyclic) bond motifs is 3. The number of amides is 2. The van der Waals surface area contributed by atoms with E-state index in [4.69, 9.17) is 16.3 Å². The zero-order valence-corrected chi connectivity index (χ0v) is 18.4. The van der Waals surface area contributed by atoms with Gasteiger partial charge in [0.05, 0.1) is 35.6 Å². The first-order valence-electron chi connectivity index (χ1n) is 9.85. The van der Waals surface area contributed by atoms with E-state index in [2.05, 4.69) is 15.3 Å². The van der Waals surface area contributed by atoms with Gasteiger partial charge in [-0.1, -0.05) is 11.6 Å². The maximum Gasteiger partial charge on any atom is 0.244 e. The normalized spacial score (nSPS) is 15.0. The number of pyridine rings is 2. The van der Waals surface area contributed by atoms with E-state index < -0.39 is 17.6 Å². The molecule has 3 aromatic rings. The van der Waals surface area contributed by atoms with Crippen molar-refractivity contribution in [2.45, 2.75) is 19.8 Å². The number of hydrogen-bond donors (Lipinski definition) is 1. The standard InChI is InChI=1S/C23H20ClFN4O3/c1-12-6-20-17(10-26-12)16-8-15(32-3)9-27-22(16)13(2)23(31)29(20)11-21(30)28-14-4-5-18(24)19(25)7-14/h4-10,13H,11H2,1-3H3,(H,28,30)/t13-/m0/s1. The second-order valence-corrected chi connectivity index (χ2v) is 7.88. The molecule has 7 nitrogen and oxygen atoms in total. The summed E-state index contributed by atoms with van der Waals surface area (Å²) in [7, 11) is 1.54. The van der Waals surface area contributed by atoms with Crippen molar-refractivity contribution in [1.29, 1.82) is 0 Å². The Bertz CT molecular complexity index is 1230. The minimum atomic E-state index is -0.647. The Morgan fingerprint density at radius 2 is 2.00 bits per heavy atom. The van der Waals surface area contributed by atoms with Crippen molar-refractivity contribution in [2.24, 2.45) is 0 Å². The van der Waals surface area contributed by atoms with Gasteiger partial charge in [0.25, 0.3) is 0 Å². The highest BCUT2D eigenvalue weighted by Gasteiger charge is 2.34. The zero-order valence-electron chi connectivity index (χ0n) is 17.6. The van der Waals surface area contributed by atoms with Crippen LogP contribution >= 0.6 is 11.6 Å². The summed E-state index contributed by atoms with van der Waals surface area (Å²) in [6.45, 7) is 3.28. The predicted octanol–water partition coefficient (Wildman–Crippen LogP) is 4.34. The second-order valence-electron chi connectivity index (χ2n) is 7.47. The lowest BCUT2D eigenvalue weighted by Crippen LogP contribution is -2.40. The Labute approximate surface area is 189 Å². The molecule has 164 valence electrons. The van der Waals surface area contributed by atoms with Crippen molar-refractivity contribution in [3.8, 4) is 16.9 Å². The molecule has 4 rings (SSSR count). The molecule has 9 heteroatoms. The number of anilines is 2. The van der Waals surface area contributed by atoms with Crippen LogP contribution in [0.5, 0.6) is 5.75 Å². The van der Waals surface area contributed by atoms with Gasteiger partial charge in [-0.15, -0.1) is 0 Å². The van der Waals surface area contributed by atoms with Crippen molar-refractivity contribution in [2.75, 3.05) is 23.9 Å². The minimum Gasteiger partial charge on any atom is -0.495 e. The topological polar surface area (TPSA) is 84.4 Å². The van der Waals surface area contributed by atoms with E-state index in [9.17, 15) is 14.0 Å². The molecule has 1 atom stereocenters. The number of carbonyl (C=O) groups excluding carboxylic acids is 2. The molecule has 1 aliphatic heterocycles. The number of methoxy groups -OCH3 is 1. The van der Waals surface area contributed by atoms with E-state index in [1.807, 2.05) is 6.07 Å². The van der Waals surface area contributed by atoms with Crippen LogP contribution in [0.4, 0.5) is 15.8 Å². The Balaban J connectivity index is 1.73. The number of halogens is 2. The number of carbonyl (C=O) groups is 2. The predicted molar refractivity (Wildman–Crippen MR) is 120 cm³/mol. The van der Waals surface area contributed by atoms with E-state index >= 15 is 0 Å². The van der Waals surface area contributed by atoms with Crippen LogP contribution < -0.4 is 15.0 Å². The van der Waals surface area contributed by atoms with Gasteiger partial charge < -0.3 is 15.0 Å². The maximum absolute atomic E-state index is 13.7. The molecule has 1 aromatic carbocycles. The summed E-state index contributed by atoms with van der Waals surface area (Å²) >= 11 is 5.70. The molecule has 0 aliphatic carbocycles. The summed E-state index contributed by atoms with van der Waals surface area (Å²) in [5.41, 5.74) is 3.43. The van der Waals surface area contributed by atoms with Gasteiger partial charge >= 0.3 is 0 Å². The third-order valence-electron chi connectivity index (χ3n) is 5.28. The molecular formula is C23H20ClFN4O3. The van der Waals surface area contributed by atoms with E-state index in [0.29, 0.717) is 28.4 Å². The molecule has 0 spiro atoms. The van der Waals surface area contributed by atoms with Crippen LogP contribution in [0, 0.1) is 12.7 Å². The molecule has 0 bridgehead atoms. The van der Waals surface area contributed by atoms with E-state index in [1.54, 1.807) is 39.4 Å². The number of aromatic nitrogens is 2. The molecule has 1 aliphatic rings. The number of rotatable bonds is 4. The lowest BCUT2D eigenvalue weighted by molar-refractivity contribution is -0.122. The average molecular weight is 455 g/mol. The summed E-state index contributed by atoms with van der Waals surface area (Å²) in [5.74, 6) is -1.48. The Morgan fingerprint density at radius 1 is 1.22 bits per heavy atom. The molecule has 2 aromatic heterocycles. The van der Waals surface area contributed by atoms with Crippen LogP contribution in [-0.2, 0) is 9.59 Å². The Kier molecular flexibility index (Phi) is 5.80. The smallest absolute Gasteiger partial charge is 0.244 e. The fourth-order valence-corrected chi connectivity index (χ4v) is 3.77. The fourth-order valence-electron chi connectivity index (χ4n) is 3.66. The highest BCUT2D eigenvalue weighted by Crippen LogP contribution is 2.41. The zero-order chi connectivity index (χ0) is 23.0. The van der Waals surface area contributed by atoms with Gasteiger partial charge in [-0.25, -0.2) is 4.39 Å². The number of benzene rings is 1. The van der Waals surface area contributed by atoms with Crippen molar-refractivity contribution in [3.63, 3.8) is 0 Å². The summed E-state index contributed by atoms with van der Waals surface area (Å²) in [6, 6.07) is 7.53. The van der Waals surface area contributed by atoms with Crippen molar-refractivity contribution >= 4 is 34.8 Å². The number of ether oxygens (including phenoxy) is 1.